The molecule has 126 valence electrons. The molecule has 0 aromatic heterocycles. The maximum Gasteiger partial charge on any atom is 0.0356 e. The summed E-state index contributed by atoms with van der Waals surface area (Å²) >= 11 is 25.1. The summed E-state index contributed by atoms with van der Waals surface area (Å²) in [6, 6.07) is 4.53. The average Bonchev–Trinajstić information content (AvgIpc) is 2.55. The molecule has 0 radical (unpaired) electrons. The largest absolute Gasteiger partial charge is 0.178 e. The number of thiol groups is 4. The molecular formula is C14H22S8. The molecule has 0 aliphatic heterocycles. The molecule has 0 spiro atoms. The molecule has 0 aliphatic carbocycles. The predicted octanol–water partition coefficient (Wildman–Crippen LogP) is 5.77. The monoisotopic (exact) mass is 446 g/mol. The Labute approximate surface area is 173 Å². The SMILES string of the molecule is SCCSc1ccc(SCCS)c(SCCS)c1SCCS. The minimum absolute atomic E-state index is 0.895. The van der Waals surface area contributed by atoms with Gasteiger partial charge in [-0.15, -0.1) is 47.0 Å². The van der Waals surface area contributed by atoms with Crippen LogP contribution >= 0.6 is 97.6 Å². The Morgan fingerprint density at radius 2 is 0.864 bits per heavy atom. The van der Waals surface area contributed by atoms with E-state index in [0.29, 0.717) is 0 Å². The Morgan fingerprint density at radius 3 is 1.18 bits per heavy atom. The van der Waals surface area contributed by atoms with Crippen molar-refractivity contribution in [1.29, 1.82) is 0 Å². The van der Waals surface area contributed by atoms with E-state index in [9.17, 15) is 0 Å². The summed E-state index contributed by atoms with van der Waals surface area (Å²) in [6.45, 7) is 0. The molecule has 0 fully saturated rings. The van der Waals surface area contributed by atoms with Gasteiger partial charge in [0.15, 0.2) is 0 Å². The summed E-state index contributed by atoms with van der Waals surface area (Å²) in [4.78, 5) is 5.57. The van der Waals surface area contributed by atoms with Gasteiger partial charge in [-0.05, 0) is 35.1 Å². The van der Waals surface area contributed by atoms with E-state index in [1.54, 1.807) is 0 Å². The number of benzene rings is 1. The Hall–Kier alpha value is 2.02. The average molecular weight is 447 g/mol. The van der Waals surface area contributed by atoms with E-state index >= 15 is 0 Å². The highest BCUT2D eigenvalue weighted by Gasteiger charge is 2.15. The Bertz CT molecular complexity index is 385. The third-order valence-corrected chi connectivity index (χ3v) is 9.27. The van der Waals surface area contributed by atoms with Gasteiger partial charge in [0.05, 0.1) is 0 Å². The molecule has 1 aromatic carbocycles. The standard InChI is InChI=1S/C14H22S8/c15-3-7-19-11-1-2-12(20-8-4-16)14(22-10-6-18)13(11)21-9-5-17/h1-2,15-18H,3-10H2. The van der Waals surface area contributed by atoms with Crippen LogP contribution in [0.2, 0.25) is 0 Å². The normalized spacial score (nSPS) is 11.1. The van der Waals surface area contributed by atoms with Crippen LogP contribution in [0.15, 0.2) is 31.7 Å². The van der Waals surface area contributed by atoms with Gasteiger partial charge in [-0.1, -0.05) is 0 Å². The third kappa shape index (κ3) is 7.93. The van der Waals surface area contributed by atoms with Crippen LogP contribution in [0.25, 0.3) is 0 Å². The van der Waals surface area contributed by atoms with E-state index in [0.717, 1.165) is 46.0 Å². The van der Waals surface area contributed by atoms with Crippen molar-refractivity contribution < 1.29 is 0 Å². The molecule has 8 heteroatoms. The van der Waals surface area contributed by atoms with E-state index in [1.165, 1.54) is 19.6 Å². The van der Waals surface area contributed by atoms with Gasteiger partial charge in [-0.3, -0.25) is 0 Å². The molecule has 0 amide bonds. The quantitative estimate of drug-likeness (QED) is 0.237. The first-order valence-corrected chi connectivity index (χ1v) is 13.4. The topological polar surface area (TPSA) is 0 Å². The second kappa shape index (κ2) is 14.2. The molecule has 1 rings (SSSR count). The summed E-state index contributed by atoms with van der Waals surface area (Å²) < 4.78 is 0. The van der Waals surface area contributed by atoms with E-state index in [2.05, 4.69) is 62.6 Å². The van der Waals surface area contributed by atoms with Crippen molar-refractivity contribution in [2.45, 2.75) is 19.6 Å². The first kappa shape index (κ1) is 22.1. The summed E-state index contributed by atoms with van der Waals surface area (Å²) in [5, 5.41) is 0. The third-order valence-electron chi connectivity index (χ3n) is 2.41. The van der Waals surface area contributed by atoms with Crippen LogP contribution in [0.5, 0.6) is 0 Å². The Morgan fingerprint density at radius 1 is 0.545 bits per heavy atom. The summed E-state index contributed by atoms with van der Waals surface area (Å²) in [5.41, 5.74) is 0. The number of hydrogen-bond acceptors (Lipinski definition) is 8. The van der Waals surface area contributed by atoms with Crippen LogP contribution in [0.1, 0.15) is 0 Å². The molecule has 0 nitrogen and oxygen atoms in total. The minimum Gasteiger partial charge on any atom is -0.178 e. The van der Waals surface area contributed by atoms with E-state index < -0.39 is 0 Å². The van der Waals surface area contributed by atoms with Crippen molar-refractivity contribution in [3.8, 4) is 0 Å². The lowest BCUT2D eigenvalue weighted by Gasteiger charge is -2.17. The maximum absolute atomic E-state index is 4.37. The van der Waals surface area contributed by atoms with Crippen LogP contribution in [0, 0.1) is 0 Å². The summed E-state index contributed by atoms with van der Waals surface area (Å²) in [6.07, 6.45) is 0. The zero-order valence-electron chi connectivity index (χ0n) is 12.2. The fraction of sp³-hybridized carbons (Fsp3) is 0.571. The van der Waals surface area contributed by atoms with E-state index in [1.807, 2.05) is 47.0 Å². The van der Waals surface area contributed by atoms with Gasteiger partial charge in [0.2, 0.25) is 0 Å². The first-order chi connectivity index (χ1) is 10.8. The van der Waals surface area contributed by atoms with Crippen LogP contribution < -0.4 is 0 Å². The fourth-order valence-electron chi connectivity index (χ4n) is 1.63. The van der Waals surface area contributed by atoms with Crippen LogP contribution in [0.4, 0.5) is 0 Å². The molecular weight excluding hydrogens is 425 g/mol. The molecule has 0 bridgehead atoms. The van der Waals surface area contributed by atoms with Crippen LogP contribution in [0.3, 0.4) is 0 Å². The Balaban J connectivity index is 3.11. The van der Waals surface area contributed by atoms with Gasteiger partial charge in [0.1, 0.15) is 0 Å². The predicted molar refractivity (Wildman–Crippen MR) is 125 cm³/mol. The second-order valence-corrected chi connectivity index (χ2v) is 10.3. The zero-order valence-corrected chi connectivity index (χ0v) is 19.1. The lowest BCUT2D eigenvalue weighted by Crippen LogP contribution is -1.94. The van der Waals surface area contributed by atoms with Crippen LogP contribution in [-0.2, 0) is 0 Å². The molecule has 0 heterocycles. The molecule has 0 unspecified atom stereocenters. The second-order valence-electron chi connectivity index (χ2n) is 4.01. The minimum atomic E-state index is 0.895. The van der Waals surface area contributed by atoms with Gasteiger partial charge >= 0.3 is 0 Å². The number of hydrogen-bond donors (Lipinski definition) is 4. The van der Waals surface area contributed by atoms with Crippen LogP contribution in [-0.4, -0.2) is 46.0 Å². The lowest BCUT2D eigenvalue weighted by molar-refractivity contribution is 1.03. The summed E-state index contributed by atoms with van der Waals surface area (Å²) in [5.74, 6) is 7.74. The van der Waals surface area contributed by atoms with Gasteiger partial charge < -0.3 is 0 Å². The molecule has 0 saturated heterocycles. The molecule has 1 aromatic rings. The molecule has 0 aliphatic rings. The van der Waals surface area contributed by atoms with Crippen molar-refractivity contribution in [3.63, 3.8) is 0 Å². The van der Waals surface area contributed by atoms with Crippen molar-refractivity contribution in [2.24, 2.45) is 0 Å². The maximum atomic E-state index is 4.37. The highest BCUT2D eigenvalue weighted by molar-refractivity contribution is 8.05. The fourth-order valence-corrected chi connectivity index (χ4v) is 6.83. The van der Waals surface area contributed by atoms with E-state index in [4.69, 9.17) is 0 Å². The Kier molecular flexibility index (Phi) is 14.3. The molecule has 0 N–H and O–H groups in total. The smallest absolute Gasteiger partial charge is 0.0356 e. The van der Waals surface area contributed by atoms with Gasteiger partial charge in [-0.2, -0.15) is 50.5 Å². The van der Waals surface area contributed by atoms with Crippen molar-refractivity contribution >= 4 is 97.6 Å². The highest BCUT2D eigenvalue weighted by atomic mass is 32.2. The van der Waals surface area contributed by atoms with Crippen molar-refractivity contribution in [3.05, 3.63) is 12.1 Å². The molecule has 22 heavy (non-hydrogen) atoms. The molecule has 0 saturated carbocycles. The lowest BCUT2D eigenvalue weighted by atomic mass is 10.3. The number of rotatable bonds is 12. The van der Waals surface area contributed by atoms with Gasteiger partial charge in [-0.25, -0.2) is 0 Å². The first-order valence-electron chi connectivity index (χ1n) is 6.90. The molecule has 0 atom stereocenters. The summed E-state index contributed by atoms with van der Waals surface area (Å²) in [7, 11) is 0. The number of thioether (sulfide) groups is 4. The zero-order chi connectivity index (χ0) is 16.2. The van der Waals surface area contributed by atoms with Gasteiger partial charge in [0, 0.05) is 42.6 Å². The van der Waals surface area contributed by atoms with Gasteiger partial charge in [0.25, 0.3) is 0 Å². The van der Waals surface area contributed by atoms with Crippen molar-refractivity contribution in [2.75, 3.05) is 46.0 Å². The van der Waals surface area contributed by atoms with Crippen molar-refractivity contribution in [1.82, 2.24) is 0 Å². The highest BCUT2D eigenvalue weighted by Crippen LogP contribution is 2.44. The van der Waals surface area contributed by atoms with E-state index in [-0.39, 0.29) is 0 Å².